The summed E-state index contributed by atoms with van der Waals surface area (Å²) in [6.45, 7) is 7.91. The SMILES string of the molecule is COCCn1nnc(C2CN(C(=O)c3c(C)nn4c(C)cc(C)nc34)CCO2)n1. The molecule has 1 atom stereocenters. The van der Waals surface area contributed by atoms with E-state index in [0.717, 1.165) is 11.4 Å². The van der Waals surface area contributed by atoms with Crippen LogP contribution in [0.15, 0.2) is 6.07 Å². The van der Waals surface area contributed by atoms with Crippen molar-refractivity contribution in [2.45, 2.75) is 33.4 Å². The number of hydrogen-bond acceptors (Lipinski definition) is 8. The number of rotatable bonds is 5. The summed E-state index contributed by atoms with van der Waals surface area (Å²) in [6, 6.07) is 1.94. The van der Waals surface area contributed by atoms with Gasteiger partial charge < -0.3 is 14.4 Å². The van der Waals surface area contributed by atoms with E-state index in [1.165, 1.54) is 4.80 Å². The molecule has 1 fully saturated rings. The van der Waals surface area contributed by atoms with Gasteiger partial charge in [-0.15, -0.1) is 10.2 Å². The summed E-state index contributed by atoms with van der Waals surface area (Å²) in [4.78, 5) is 21.1. The van der Waals surface area contributed by atoms with Crippen LogP contribution in [-0.2, 0) is 16.0 Å². The zero-order valence-corrected chi connectivity index (χ0v) is 17.0. The highest BCUT2D eigenvalue weighted by Crippen LogP contribution is 2.23. The molecule has 11 nitrogen and oxygen atoms in total. The number of carbonyl (C=O) groups excluding carboxylic acids is 1. The molecule has 1 aliphatic rings. The van der Waals surface area contributed by atoms with Crippen LogP contribution in [0.4, 0.5) is 0 Å². The number of aryl methyl sites for hydroxylation is 3. The molecule has 3 aromatic heterocycles. The molecular formula is C18H24N8O3. The van der Waals surface area contributed by atoms with Gasteiger partial charge in [0.15, 0.2) is 5.65 Å². The highest BCUT2D eigenvalue weighted by molar-refractivity contribution is 6.01. The summed E-state index contributed by atoms with van der Waals surface area (Å²) in [5, 5.41) is 16.9. The molecule has 29 heavy (non-hydrogen) atoms. The molecular weight excluding hydrogens is 376 g/mol. The van der Waals surface area contributed by atoms with Crippen LogP contribution in [0.3, 0.4) is 0 Å². The lowest BCUT2D eigenvalue weighted by atomic mass is 10.1. The first-order chi connectivity index (χ1) is 14.0. The third-order valence-electron chi connectivity index (χ3n) is 4.89. The Morgan fingerprint density at radius 1 is 1.31 bits per heavy atom. The van der Waals surface area contributed by atoms with Gasteiger partial charge in [-0.05, 0) is 32.1 Å². The zero-order valence-electron chi connectivity index (χ0n) is 17.0. The highest BCUT2D eigenvalue weighted by atomic mass is 16.5. The minimum atomic E-state index is -0.428. The van der Waals surface area contributed by atoms with Crippen molar-refractivity contribution in [3.05, 3.63) is 34.5 Å². The summed E-state index contributed by atoms with van der Waals surface area (Å²) in [5.41, 5.74) is 3.54. The van der Waals surface area contributed by atoms with Gasteiger partial charge in [0.05, 0.1) is 32.0 Å². The number of hydrogen-bond donors (Lipinski definition) is 0. The predicted octanol–water partition coefficient (Wildman–Crippen LogP) is 0.501. The molecule has 154 valence electrons. The van der Waals surface area contributed by atoms with Crippen molar-refractivity contribution in [1.29, 1.82) is 0 Å². The van der Waals surface area contributed by atoms with Crippen molar-refractivity contribution >= 4 is 11.6 Å². The summed E-state index contributed by atoms with van der Waals surface area (Å²) in [7, 11) is 1.62. The first kappa shape index (κ1) is 19.4. The number of fused-ring (bicyclic) bond motifs is 1. The predicted molar refractivity (Wildman–Crippen MR) is 101 cm³/mol. The van der Waals surface area contributed by atoms with E-state index in [4.69, 9.17) is 9.47 Å². The monoisotopic (exact) mass is 400 g/mol. The van der Waals surface area contributed by atoms with E-state index in [0.29, 0.717) is 55.6 Å². The molecule has 0 aliphatic carbocycles. The summed E-state index contributed by atoms with van der Waals surface area (Å²) in [5.74, 6) is 0.343. The van der Waals surface area contributed by atoms with E-state index in [2.05, 4.69) is 25.5 Å². The van der Waals surface area contributed by atoms with Crippen molar-refractivity contribution in [2.24, 2.45) is 0 Å². The minimum Gasteiger partial charge on any atom is -0.383 e. The molecule has 1 aliphatic heterocycles. The molecule has 0 radical (unpaired) electrons. The molecule has 1 unspecified atom stereocenters. The fourth-order valence-corrected chi connectivity index (χ4v) is 3.48. The molecule has 4 heterocycles. The molecule has 3 aromatic rings. The fourth-order valence-electron chi connectivity index (χ4n) is 3.48. The lowest BCUT2D eigenvalue weighted by molar-refractivity contribution is -0.0269. The smallest absolute Gasteiger partial charge is 0.259 e. The van der Waals surface area contributed by atoms with E-state index in [1.54, 1.807) is 16.5 Å². The van der Waals surface area contributed by atoms with Crippen LogP contribution in [-0.4, -0.2) is 79.0 Å². The maximum atomic E-state index is 13.3. The molecule has 0 saturated carbocycles. The Morgan fingerprint density at radius 3 is 2.93 bits per heavy atom. The number of carbonyl (C=O) groups is 1. The fraction of sp³-hybridized carbons (Fsp3) is 0.556. The maximum absolute atomic E-state index is 13.3. The largest absolute Gasteiger partial charge is 0.383 e. The average molecular weight is 400 g/mol. The van der Waals surface area contributed by atoms with Crippen molar-refractivity contribution in [3.63, 3.8) is 0 Å². The number of amides is 1. The first-order valence-corrected chi connectivity index (χ1v) is 9.49. The molecule has 0 bridgehead atoms. The first-order valence-electron chi connectivity index (χ1n) is 9.49. The van der Waals surface area contributed by atoms with Gasteiger partial charge in [0.25, 0.3) is 5.91 Å². The van der Waals surface area contributed by atoms with Gasteiger partial charge in [-0.1, -0.05) is 0 Å². The highest BCUT2D eigenvalue weighted by Gasteiger charge is 2.31. The van der Waals surface area contributed by atoms with Gasteiger partial charge in [-0.2, -0.15) is 9.90 Å². The number of ether oxygens (including phenoxy) is 2. The molecule has 4 rings (SSSR count). The number of aromatic nitrogens is 7. The molecule has 11 heteroatoms. The van der Waals surface area contributed by atoms with E-state index < -0.39 is 6.10 Å². The number of nitrogens with zero attached hydrogens (tertiary/aromatic N) is 8. The van der Waals surface area contributed by atoms with Crippen LogP contribution >= 0.6 is 0 Å². The van der Waals surface area contributed by atoms with Crippen molar-refractivity contribution in [3.8, 4) is 0 Å². The normalized spacial score (nSPS) is 17.2. The van der Waals surface area contributed by atoms with E-state index in [9.17, 15) is 4.79 Å². The van der Waals surface area contributed by atoms with Gasteiger partial charge in [-0.3, -0.25) is 4.79 Å². The van der Waals surface area contributed by atoms with Crippen molar-refractivity contribution < 1.29 is 14.3 Å². The lowest BCUT2D eigenvalue weighted by Gasteiger charge is -2.31. The van der Waals surface area contributed by atoms with Crippen molar-refractivity contribution in [1.82, 2.24) is 39.7 Å². The van der Waals surface area contributed by atoms with Crippen LogP contribution in [0.25, 0.3) is 5.65 Å². The van der Waals surface area contributed by atoms with E-state index in [1.807, 2.05) is 26.8 Å². The Balaban J connectivity index is 1.57. The third-order valence-corrected chi connectivity index (χ3v) is 4.89. The summed E-state index contributed by atoms with van der Waals surface area (Å²) < 4.78 is 12.5. The van der Waals surface area contributed by atoms with E-state index in [-0.39, 0.29) is 5.91 Å². The Kier molecular flexibility index (Phi) is 5.24. The van der Waals surface area contributed by atoms with E-state index >= 15 is 0 Å². The summed E-state index contributed by atoms with van der Waals surface area (Å²) in [6.07, 6.45) is -0.428. The van der Waals surface area contributed by atoms with Gasteiger partial charge in [-0.25, -0.2) is 9.50 Å². The molecule has 0 aromatic carbocycles. The second-order valence-electron chi connectivity index (χ2n) is 7.08. The maximum Gasteiger partial charge on any atom is 0.259 e. The second kappa shape index (κ2) is 7.84. The second-order valence-corrected chi connectivity index (χ2v) is 7.08. The van der Waals surface area contributed by atoms with Gasteiger partial charge in [0, 0.05) is 25.0 Å². The minimum absolute atomic E-state index is 0.116. The third kappa shape index (κ3) is 3.70. The lowest BCUT2D eigenvalue weighted by Crippen LogP contribution is -2.42. The Labute approximate surface area is 167 Å². The quantitative estimate of drug-likeness (QED) is 0.609. The number of methoxy groups -OCH3 is 1. The van der Waals surface area contributed by atoms with Gasteiger partial charge in [0.1, 0.15) is 11.7 Å². The van der Waals surface area contributed by atoms with Crippen LogP contribution in [0.1, 0.15) is 39.4 Å². The molecule has 1 amide bonds. The van der Waals surface area contributed by atoms with Gasteiger partial charge in [0.2, 0.25) is 5.82 Å². The number of morpholine rings is 1. The van der Waals surface area contributed by atoms with Crippen LogP contribution < -0.4 is 0 Å². The molecule has 0 spiro atoms. The standard InChI is InChI=1S/C18H24N8O3/c1-11-9-12(2)26-17(19-11)15(13(3)21-26)18(27)24-5-8-29-14(10-24)16-20-23-25(22-16)6-7-28-4/h9,14H,5-8,10H2,1-4H3. The Hall–Kier alpha value is -2.92. The van der Waals surface area contributed by atoms with Crippen molar-refractivity contribution in [2.75, 3.05) is 33.4 Å². The van der Waals surface area contributed by atoms with Crippen LogP contribution in [0.5, 0.6) is 0 Å². The average Bonchev–Trinajstić information content (AvgIpc) is 3.30. The molecule has 1 saturated heterocycles. The Morgan fingerprint density at radius 2 is 2.14 bits per heavy atom. The summed E-state index contributed by atoms with van der Waals surface area (Å²) >= 11 is 0. The number of tetrazole rings is 1. The molecule has 0 N–H and O–H groups in total. The van der Waals surface area contributed by atoms with Gasteiger partial charge >= 0.3 is 0 Å². The topological polar surface area (TPSA) is 113 Å². The van der Waals surface area contributed by atoms with Crippen LogP contribution in [0, 0.1) is 20.8 Å². The Bertz CT molecular complexity index is 1040. The zero-order chi connectivity index (χ0) is 20.5. The van der Waals surface area contributed by atoms with Crippen LogP contribution in [0.2, 0.25) is 0 Å².